The lowest BCUT2D eigenvalue weighted by Gasteiger charge is -2.28. The Morgan fingerprint density at radius 3 is 2.36 bits per heavy atom. The number of likely N-dealkylation sites (N-methyl/N-ethyl adjacent to an activating group) is 1. The second-order valence-corrected chi connectivity index (χ2v) is 7.50. The minimum atomic E-state index is -0.665. The SMILES string of the molecule is C=C1c2ccccc2C(=O)N1[C@@H](C)C(=O)NC[C@H](c1ccccc1Cl)N(C)C. The maximum absolute atomic E-state index is 12.8. The first kappa shape index (κ1) is 20.1. The Labute approximate surface area is 170 Å². The lowest BCUT2D eigenvalue weighted by atomic mass is 10.1. The molecule has 2 amide bonds. The van der Waals surface area contributed by atoms with Crippen molar-refractivity contribution in [3.05, 3.63) is 76.8 Å². The molecule has 0 unspecified atom stereocenters. The molecule has 0 bridgehead atoms. The molecule has 5 nitrogen and oxygen atoms in total. The summed E-state index contributed by atoms with van der Waals surface area (Å²) in [5.41, 5.74) is 2.85. The molecule has 1 heterocycles. The second-order valence-electron chi connectivity index (χ2n) is 7.09. The summed E-state index contributed by atoms with van der Waals surface area (Å²) in [5.74, 6) is -0.431. The van der Waals surface area contributed by atoms with Gasteiger partial charge in [-0.15, -0.1) is 0 Å². The van der Waals surface area contributed by atoms with Crippen molar-refractivity contribution in [2.24, 2.45) is 0 Å². The van der Waals surface area contributed by atoms with Crippen LogP contribution in [0.2, 0.25) is 5.02 Å². The maximum atomic E-state index is 12.8. The van der Waals surface area contributed by atoms with Crippen molar-refractivity contribution in [1.29, 1.82) is 0 Å². The minimum Gasteiger partial charge on any atom is -0.352 e. The molecular formula is C22H24ClN3O2. The molecule has 2 atom stereocenters. The molecule has 0 saturated carbocycles. The van der Waals surface area contributed by atoms with Crippen LogP contribution in [0.5, 0.6) is 0 Å². The Morgan fingerprint density at radius 2 is 1.75 bits per heavy atom. The molecule has 3 rings (SSSR count). The summed E-state index contributed by atoms with van der Waals surface area (Å²) >= 11 is 6.33. The van der Waals surface area contributed by atoms with E-state index in [1.165, 1.54) is 4.90 Å². The Balaban J connectivity index is 1.72. The Morgan fingerprint density at radius 1 is 1.14 bits per heavy atom. The van der Waals surface area contributed by atoms with Gasteiger partial charge in [0.15, 0.2) is 0 Å². The number of nitrogens with zero attached hydrogens (tertiary/aromatic N) is 2. The third kappa shape index (κ3) is 3.68. The number of benzene rings is 2. The minimum absolute atomic E-state index is 0.0838. The van der Waals surface area contributed by atoms with Crippen molar-refractivity contribution in [1.82, 2.24) is 15.1 Å². The van der Waals surface area contributed by atoms with Crippen LogP contribution in [-0.2, 0) is 4.79 Å². The summed E-state index contributed by atoms with van der Waals surface area (Å²) in [7, 11) is 3.87. The van der Waals surface area contributed by atoms with Gasteiger partial charge in [0.05, 0.1) is 6.04 Å². The van der Waals surface area contributed by atoms with Crippen molar-refractivity contribution in [2.45, 2.75) is 19.0 Å². The van der Waals surface area contributed by atoms with Crippen LogP contribution in [0, 0.1) is 0 Å². The van der Waals surface area contributed by atoms with E-state index >= 15 is 0 Å². The number of amides is 2. The summed E-state index contributed by atoms with van der Waals surface area (Å²) < 4.78 is 0. The van der Waals surface area contributed by atoms with Crippen molar-refractivity contribution < 1.29 is 9.59 Å². The fraction of sp³-hybridized carbons (Fsp3) is 0.273. The molecule has 0 fully saturated rings. The van der Waals surface area contributed by atoms with E-state index in [9.17, 15) is 9.59 Å². The van der Waals surface area contributed by atoms with Crippen molar-refractivity contribution >= 4 is 29.1 Å². The average Bonchev–Trinajstić information content (AvgIpc) is 2.93. The van der Waals surface area contributed by atoms with Crippen LogP contribution in [0.1, 0.15) is 34.5 Å². The molecule has 2 aromatic carbocycles. The summed E-state index contributed by atoms with van der Waals surface area (Å²) in [6.45, 7) is 6.10. The zero-order valence-electron chi connectivity index (χ0n) is 16.3. The van der Waals surface area contributed by atoms with Gasteiger partial charge in [0.25, 0.3) is 5.91 Å². The van der Waals surface area contributed by atoms with E-state index in [0.717, 1.165) is 11.1 Å². The number of hydrogen-bond donors (Lipinski definition) is 1. The highest BCUT2D eigenvalue weighted by atomic mass is 35.5. The molecule has 0 aliphatic carbocycles. The van der Waals surface area contributed by atoms with Gasteiger partial charge in [0, 0.05) is 28.4 Å². The molecule has 0 radical (unpaired) electrons. The monoisotopic (exact) mass is 397 g/mol. The fourth-order valence-corrected chi connectivity index (χ4v) is 3.75. The molecule has 1 aliphatic rings. The molecule has 0 aromatic heterocycles. The molecule has 6 heteroatoms. The number of fused-ring (bicyclic) bond motifs is 1. The van der Waals surface area contributed by atoms with E-state index in [1.54, 1.807) is 13.0 Å². The summed E-state index contributed by atoms with van der Waals surface area (Å²) in [4.78, 5) is 29.0. The molecule has 1 N–H and O–H groups in total. The van der Waals surface area contributed by atoms with Crippen molar-refractivity contribution in [2.75, 3.05) is 20.6 Å². The normalized spacial score (nSPS) is 15.5. The Bertz CT molecular complexity index is 891. The largest absolute Gasteiger partial charge is 0.352 e. The quantitative estimate of drug-likeness (QED) is 0.810. The van der Waals surface area contributed by atoms with Gasteiger partial charge >= 0.3 is 0 Å². The number of halogens is 1. The highest BCUT2D eigenvalue weighted by molar-refractivity contribution is 6.31. The molecular weight excluding hydrogens is 374 g/mol. The standard InChI is InChI=1S/C22H24ClN3O2/c1-14-16-9-5-6-10-17(16)22(28)26(14)15(2)21(27)24-13-20(25(3)4)18-11-7-8-12-19(18)23/h5-12,15,20H,1,13H2,2-4H3,(H,24,27)/t15-,20+/m0/s1. The van der Waals surface area contributed by atoms with Crippen LogP contribution in [0.4, 0.5) is 0 Å². The van der Waals surface area contributed by atoms with E-state index in [-0.39, 0.29) is 17.9 Å². The molecule has 146 valence electrons. The number of carbonyl (C=O) groups is 2. The van der Waals surface area contributed by atoms with E-state index in [4.69, 9.17) is 11.6 Å². The highest BCUT2D eigenvalue weighted by Crippen LogP contribution is 2.33. The number of nitrogens with one attached hydrogen (secondary N) is 1. The summed E-state index contributed by atoms with van der Waals surface area (Å²) in [6, 6.07) is 14.1. The predicted molar refractivity (Wildman–Crippen MR) is 112 cm³/mol. The van der Waals surface area contributed by atoms with Crippen LogP contribution < -0.4 is 5.32 Å². The van der Waals surface area contributed by atoms with E-state index in [1.807, 2.05) is 61.5 Å². The average molecular weight is 398 g/mol. The smallest absolute Gasteiger partial charge is 0.259 e. The van der Waals surface area contributed by atoms with Gasteiger partial charge in [-0.05, 0) is 38.7 Å². The molecule has 0 spiro atoms. The lowest BCUT2D eigenvalue weighted by molar-refractivity contribution is -0.124. The molecule has 2 aromatic rings. The van der Waals surface area contributed by atoms with Crippen molar-refractivity contribution in [3.63, 3.8) is 0 Å². The van der Waals surface area contributed by atoms with Crippen LogP contribution in [-0.4, -0.2) is 48.3 Å². The van der Waals surface area contributed by atoms with Gasteiger partial charge in [-0.2, -0.15) is 0 Å². The van der Waals surface area contributed by atoms with Crippen LogP contribution >= 0.6 is 11.6 Å². The van der Waals surface area contributed by atoms with E-state index in [0.29, 0.717) is 22.8 Å². The van der Waals surface area contributed by atoms with Gasteiger partial charge < -0.3 is 10.2 Å². The number of hydrogen-bond acceptors (Lipinski definition) is 3. The summed E-state index contributed by atoms with van der Waals surface area (Å²) in [5, 5.41) is 3.61. The predicted octanol–water partition coefficient (Wildman–Crippen LogP) is 3.57. The molecule has 28 heavy (non-hydrogen) atoms. The zero-order chi connectivity index (χ0) is 20.4. The number of carbonyl (C=O) groups excluding carboxylic acids is 2. The summed E-state index contributed by atoms with van der Waals surface area (Å²) in [6.07, 6.45) is 0. The molecule has 0 saturated heterocycles. The topological polar surface area (TPSA) is 52.7 Å². The second kappa shape index (κ2) is 8.17. The van der Waals surface area contributed by atoms with Gasteiger partial charge in [0.1, 0.15) is 6.04 Å². The Kier molecular flexibility index (Phi) is 5.87. The van der Waals surface area contributed by atoms with Gasteiger partial charge in [0.2, 0.25) is 5.91 Å². The zero-order valence-corrected chi connectivity index (χ0v) is 17.0. The third-order valence-corrected chi connectivity index (χ3v) is 5.45. The Hall–Kier alpha value is -2.63. The fourth-order valence-electron chi connectivity index (χ4n) is 3.49. The lowest BCUT2D eigenvalue weighted by Crippen LogP contribution is -2.46. The first-order valence-electron chi connectivity index (χ1n) is 9.13. The maximum Gasteiger partial charge on any atom is 0.259 e. The van der Waals surface area contributed by atoms with Gasteiger partial charge in [-0.25, -0.2) is 0 Å². The van der Waals surface area contributed by atoms with Gasteiger partial charge in [-0.1, -0.05) is 54.6 Å². The van der Waals surface area contributed by atoms with Crippen molar-refractivity contribution in [3.8, 4) is 0 Å². The first-order valence-corrected chi connectivity index (χ1v) is 9.51. The number of rotatable bonds is 6. The highest BCUT2D eigenvalue weighted by Gasteiger charge is 2.36. The van der Waals surface area contributed by atoms with Crippen LogP contribution in [0.3, 0.4) is 0 Å². The van der Waals surface area contributed by atoms with Gasteiger partial charge in [-0.3, -0.25) is 14.5 Å². The third-order valence-electron chi connectivity index (χ3n) is 5.10. The van der Waals surface area contributed by atoms with Crippen LogP contribution in [0.25, 0.3) is 5.70 Å². The molecule has 1 aliphatic heterocycles. The van der Waals surface area contributed by atoms with Crippen LogP contribution in [0.15, 0.2) is 55.1 Å². The van der Waals surface area contributed by atoms with E-state index < -0.39 is 6.04 Å². The van der Waals surface area contributed by atoms with E-state index in [2.05, 4.69) is 11.9 Å². The first-order chi connectivity index (χ1) is 13.3.